The zero-order chi connectivity index (χ0) is 18.0. The summed E-state index contributed by atoms with van der Waals surface area (Å²) in [5.74, 6) is -0.301. The Kier molecular flexibility index (Phi) is 5.74. The third-order valence-corrected chi connectivity index (χ3v) is 4.79. The lowest BCUT2D eigenvalue weighted by molar-refractivity contribution is -0.122. The van der Waals surface area contributed by atoms with Gasteiger partial charge in [-0.1, -0.05) is 0 Å². The zero-order valence-corrected chi connectivity index (χ0v) is 15.6. The summed E-state index contributed by atoms with van der Waals surface area (Å²) in [4.78, 5) is 12.2. The molecule has 0 saturated heterocycles. The number of halogens is 3. The molecule has 0 aliphatic rings. The van der Waals surface area contributed by atoms with Crippen molar-refractivity contribution < 1.29 is 13.6 Å². The highest BCUT2D eigenvalue weighted by Gasteiger charge is 2.22. The minimum absolute atomic E-state index is 0.123. The van der Waals surface area contributed by atoms with Crippen molar-refractivity contribution >= 4 is 21.8 Å². The van der Waals surface area contributed by atoms with Crippen LogP contribution in [-0.4, -0.2) is 25.5 Å². The fourth-order valence-electron chi connectivity index (χ4n) is 2.46. The highest BCUT2D eigenvalue weighted by molar-refractivity contribution is 9.10. The minimum atomic E-state index is -2.69. The summed E-state index contributed by atoms with van der Waals surface area (Å²) in [7, 11) is 0. The molecule has 0 saturated carbocycles. The smallest absolute Gasteiger partial charge is 0.283 e. The quantitative estimate of drug-likeness (QED) is 0.804. The maximum atomic E-state index is 12.9. The van der Waals surface area contributed by atoms with E-state index in [-0.39, 0.29) is 28.7 Å². The maximum Gasteiger partial charge on any atom is 0.283 e. The number of amides is 1. The number of hydrogen-bond donors (Lipinski definition) is 1. The van der Waals surface area contributed by atoms with Crippen molar-refractivity contribution in [1.82, 2.24) is 24.9 Å². The number of aromatic nitrogens is 4. The summed E-state index contributed by atoms with van der Waals surface area (Å²) in [5.41, 5.74) is 1.91. The molecule has 1 atom stereocenters. The van der Waals surface area contributed by atoms with Crippen LogP contribution < -0.4 is 5.32 Å². The molecule has 0 aliphatic carbocycles. The number of hydrogen-bond acceptors (Lipinski definition) is 3. The van der Waals surface area contributed by atoms with Crippen molar-refractivity contribution in [2.75, 3.05) is 0 Å². The summed E-state index contributed by atoms with van der Waals surface area (Å²) >= 11 is 3.09. The number of nitrogens with one attached hydrogen (secondary N) is 1. The first kappa shape index (κ1) is 18.6. The summed E-state index contributed by atoms with van der Waals surface area (Å²) in [6.45, 7) is 7.99. The monoisotopic (exact) mass is 403 g/mol. The SMILES string of the molecule is CCn1cc(C(C)NC(=O)Cn2nc(C(F)F)c(Br)c2C)c(C)n1. The van der Waals surface area contributed by atoms with Crippen molar-refractivity contribution in [3.8, 4) is 0 Å². The number of carbonyl (C=O) groups is 1. The van der Waals surface area contributed by atoms with Crippen LogP contribution in [0.1, 0.15) is 49.0 Å². The molecule has 0 aromatic carbocycles. The Hall–Kier alpha value is -1.77. The van der Waals surface area contributed by atoms with Gasteiger partial charge in [-0.2, -0.15) is 10.2 Å². The fourth-order valence-corrected chi connectivity index (χ4v) is 2.92. The molecule has 9 heteroatoms. The Morgan fingerprint density at radius 3 is 2.54 bits per heavy atom. The van der Waals surface area contributed by atoms with Crippen molar-refractivity contribution in [2.45, 2.75) is 53.3 Å². The van der Waals surface area contributed by atoms with Gasteiger partial charge in [-0.25, -0.2) is 8.78 Å². The molecule has 2 rings (SSSR count). The second-order valence-electron chi connectivity index (χ2n) is 5.56. The summed E-state index contributed by atoms with van der Waals surface area (Å²) < 4.78 is 29.0. The first-order chi connectivity index (χ1) is 11.2. The Bertz CT molecular complexity index is 741. The van der Waals surface area contributed by atoms with E-state index in [1.807, 2.05) is 27.0 Å². The summed E-state index contributed by atoms with van der Waals surface area (Å²) in [6, 6.07) is -0.230. The van der Waals surface area contributed by atoms with E-state index in [9.17, 15) is 13.6 Å². The van der Waals surface area contributed by atoms with E-state index < -0.39 is 6.43 Å². The fraction of sp³-hybridized carbons (Fsp3) is 0.533. The van der Waals surface area contributed by atoms with Gasteiger partial charge in [-0.15, -0.1) is 0 Å². The zero-order valence-electron chi connectivity index (χ0n) is 14.0. The molecule has 0 aliphatic heterocycles. The molecular weight excluding hydrogens is 384 g/mol. The molecule has 0 bridgehead atoms. The van der Waals surface area contributed by atoms with E-state index in [2.05, 4.69) is 31.4 Å². The third-order valence-electron chi connectivity index (χ3n) is 3.81. The summed E-state index contributed by atoms with van der Waals surface area (Å²) in [6.07, 6.45) is -0.797. The molecule has 2 aromatic rings. The van der Waals surface area contributed by atoms with E-state index in [1.54, 1.807) is 11.6 Å². The van der Waals surface area contributed by atoms with E-state index in [0.717, 1.165) is 17.8 Å². The van der Waals surface area contributed by atoms with Crippen LogP contribution in [0.15, 0.2) is 10.7 Å². The largest absolute Gasteiger partial charge is 0.348 e. The van der Waals surface area contributed by atoms with Crippen molar-refractivity contribution in [2.24, 2.45) is 0 Å². The molecule has 0 spiro atoms. The first-order valence-corrected chi connectivity index (χ1v) is 8.38. The van der Waals surface area contributed by atoms with Crippen molar-refractivity contribution in [1.29, 1.82) is 0 Å². The third kappa shape index (κ3) is 3.82. The number of alkyl halides is 2. The molecule has 24 heavy (non-hydrogen) atoms. The van der Waals surface area contributed by atoms with Crippen molar-refractivity contribution in [3.05, 3.63) is 33.3 Å². The summed E-state index contributed by atoms with van der Waals surface area (Å²) in [5, 5.41) is 11.0. The normalized spacial score (nSPS) is 12.7. The van der Waals surface area contributed by atoms with Crippen LogP contribution in [0.4, 0.5) is 8.78 Å². The van der Waals surface area contributed by atoms with Gasteiger partial charge in [0.05, 0.1) is 21.9 Å². The number of nitrogens with zero attached hydrogens (tertiary/aromatic N) is 4. The van der Waals surface area contributed by atoms with Gasteiger partial charge in [-0.3, -0.25) is 14.2 Å². The van der Waals surface area contributed by atoms with Gasteiger partial charge in [-0.05, 0) is 43.6 Å². The topological polar surface area (TPSA) is 64.7 Å². The molecule has 0 radical (unpaired) electrons. The molecule has 1 amide bonds. The molecule has 2 heterocycles. The molecule has 6 nitrogen and oxygen atoms in total. The molecule has 1 N–H and O–H groups in total. The van der Waals surface area contributed by atoms with E-state index >= 15 is 0 Å². The van der Waals surface area contributed by atoms with Gasteiger partial charge >= 0.3 is 0 Å². The van der Waals surface area contributed by atoms with Gasteiger partial charge in [0, 0.05) is 18.3 Å². The van der Waals surface area contributed by atoms with Gasteiger partial charge in [0.25, 0.3) is 6.43 Å². The standard InChI is InChI=1S/C15H20BrF2N5O/c1-5-22-6-11(9(3)20-22)8(2)19-12(24)7-23-10(4)13(16)14(21-23)15(17)18/h6,8,15H,5,7H2,1-4H3,(H,19,24). The van der Waals surface area contributed by atoms with E-state index in [1.165, 1.54) is 4.68 Å². The van der Waals surface area contributed by atoms with Crippen molar-refractivity contribution in [3.63, 3.8) is 0 Å². The molecule has 2 aromatic heterocycles. The lowest BCUT2D eigenvalue weighted by Crippen LogP contribution is -2.31. The molecule has 0 fully saturated rings. The molecule has 1 unspecified atom stereocenters. The van der Waals surface area contributed by atoms with Crippen LogP contribution in [0.2, 0.25) is 0 Å². The lowest BCUT2D eigenvalue weighted by atomic mass is 10.1. The second kappa shape index (κ2) is 7.42. The Morgan fingerprint density at radius 2 is 2.04 bits per heavy atom. The van der Waals surface area contributed by atoms with Crippen LogP contribution in [0.5, 0.6) is 0 Å². The maximum absolute atomic E-state index is 12.9. The lowest BCUT2D eigenvalue weighted by Gasteiger charge is -2.13. The Morgan fingerprint density at radius 1 is 1.38 bits per heavy atom. The van der Waals surface area contributed by atoms with Gasteiger partial charge in [0.2, 0.25) is 5.91 Å². The van der Waals surface area contributed by atoms with Crippen LogP contribution >= 0.6 is 15.9 Å². The molecular formula is C15H20BrF2N5O. The number of rotatable bonds is 6. The predicted octanol–water partition coefficient (Wildman–Crippen LogP) is 3.29. The minimum Gasteiger partial charge on any atom is -0.348 e. The average Bonchev–Trinajstić information content (AvgIpc) is 3.02. The Labute approximate surface area is 147 Å². The van der Waals surface area contributed by atoms with E-state index in [4.69, 9.17) is 0 Å². The van der Waals surface area contributed by atoms with Gasteiger partial charge in [0.1, 0.15) is 12.2 Å². The Balaban J connectivity index is 2.08. The average molecular weight is 404 g/mol. The van der Waals surface area contributed by atoms with Gasteiger partial charge in [0.15, 0.2) is 0 Å². The highest BCUT2D eigenvalue weighted by atomic mass is 79.9. The predicted molar refractivity (Wildman–Crippen MR) is 88.8 cm³/mol. The van der Waals surface area contributed by atoms with E-state index in [0.29, 0.717) is 5.69 Å². The first-order valence-electron chi connectivity index (χ1n) is 7.58. The van der Waals surface area contributed by atoms with Crippen LogP contribution in [0.3, 0.4) is 0 Å². The highest BCUT2D eigenvalue weighted by Crippen LogP contribution is 2.29. The van der Waals surface area contributed by atoms with Crippen LogP contribution in [0, 0.1) is 13.8 Å². The number of carbonyl (C=O) groups excluding carboxylic acids is 1. The van der Waals surface area contributed by atoms with Crippen LogP contribution in [-0.2, 0) is 17.9 Å². The number of aryl methyl sites for hydroxylation is 2. The molecule has 132 valence electrons. The second-order valence-corrected chi connectivity index (χ2v) is 6.35. The van der Waals surface area contributed by atoms with Gasteiger partial charge < -0.3 is 5.32 Å². The van der Waals surface area contributed by atoms with Crippen LogP contribution in [0.25, 0.3) is 0 Å².